The monoisotopic (exact) mass is 504 g/mol. The largest absolute Gasteiger partial charge is 0.386 e. The maximum atomic E-state index is 14.3. The van der Waals surface area contributed by atoms with Gasteiger partial charge in [-0.05, 0) is 95.0 Å². The summed E-state index contributed by atoms with van der Waals surface area (Å²) in [7, 11) is 0. The highest BCUT2D eigenvalue weighted by molar-refractivity contribution is 5.99. The van der Waals surface area contributed by atoms with Crippen LogP contribution in [0.25, 0.3) is 0 Å². The molecule has 0 radical (unpaired) electrons. The standard InChI is InChI=1S/C28H33FN6O2/c1-27(2)21-9-7-18(13-16(21)11-12-31-27)34-26-30-15-20(25(36)33-17-5-6-17)24(35-26)32-19-8-10-23(29)22(14-19)28(3,4)37/h7-10,13-15,17,31,37H,5-6,11-12H2,1-4H3,(H,33,36)(H2,30,32,34,35). The second kappa shape index (κ2) is 9.39. The van der Waals surface area contributed by atoms with Crippen molar-refractivity contribution in [2.45, 2.75) is 64.1 Å². The molecule has 1 aliphatic heterocycles. The number of fused-ring (bicyclic) bond motifs is 1. The molecule has 0 unspecified atom stereocenters. The Labute approximate surface area is 216 Å². The molecule has 2 heterocycles. The van der Waals surface area contributed by atoms with Gasteiger partial charge in [-0.3, -0.25) is 4.79 Å². The number of hydrogen-bond donors (Lipinski definition) is 5. The quantitative estimate of drug-likeness (QED) is 0.320. The van der Waals surface area contributed by atoms with E-state index in [9.17, 15) is 14.3 Å². The number of hydrogen-bond acceptors (Lipinski definition) is 7. The van der Waals surface area contributed by atoms with Crippen LogP contribution < -0.4 is 21.3 Å². The van der Waals surface area contributed by atoms with Crippen LogP contribution in [-0.2, 0) is 17.6 Å². The lowest BCUT2D eigenvalue weighted by molar-refractivity contribution is 0.0746. The zero-order valence-corrected chi connectivity index (χ0v) is 21.6. The van der Waals surface area contributed by atoms with Crippen LogP contribution in [0.4, 0.5) is 27.5 Å². The van der Waals surface area contributed by atoms with Gasteiger partial charge in [0, 0.05) is 34.7 Å². The Hall–Kier alpha value is -3.56. The highest BCUT2D eigenvalue weighted by atomic mass is 19.1. The number of benzene rings is 2. The van der Waals surface area contributed by atoms with Crippen molar-refractivity contribution in [1.29, 1.82) is 0 Å². The van der Waals surface area contributed by atoms with Crippen molar-refractivity contribution >= 4 is 29.0 Å². The minimum Gasteiger partial charge on any atom is -0.386 e. The Balaban J connectivity index is 1.46. The topological polar surface area (TPSA) is 111 Å². The molecule has 0 spiro atoms. The summed E-state index contributed by atoms with van der Waals surface area (Å²) in [6.45, 7) is 8.29. The van der Waals surface area contributed by atoms with Crippen molar-refractivity contribution in [2.24, 2.45) is 0 Å². The average Bonchev–Trinajstić information content (AvgIpc) is 3.63. The summed E-state index contributed by atoms with van der Waals surface area (Å²) in [6.07, 6.45) is 4.32. The van der Waals surface area contributed by atoms with Gasteiger partial charge in [-0.25, -0.2) is 9.37 Å². The summed E-state index contributed by atoms with van der Waals surface area (Å²) in [5.41, 5.74) is 2.83. The van der Waals surface area contributed by atoms with Crippen LogP contribution in [0.1, 0.15) is 67.6 Å². The second-order valence-electron chi connectivity index (χ2n) is 10.9. The highest BCUT2D eigenvalue weighted by Crippen LogP contribution is 2.32. The number of amides is 1. The normalized spacial score (nSPS) is 16.6. The minimum absolute atomic E-state index is 0.0899. The minimum atomic E-state index is -1.37. The molecule has 0 atom stereocenters. The highest BCUT2D eigenvalue weighted by Gasteiger charge is 2.28. The molecule has 8 nitrogen and oxygen atoms in total. The summed E-state index contributed by atoms with van der Waals surface area (Å²) >= 11 is 0. The van der Waals surface area contributed by atoms with E-state index < -0.39 is 11.4 Å². The molecule has 37 heavy (non-hydrogen) atoms. The fraction of sp³-hybridized carbons (Fsp3) is 0.393. The Bertz CT molecular complexity index is 1350. The van der Waals surface area contributed by atoms with Crippen LogP contribution in [-0.4, -0.2) is 33.6 Å². The lowest BCUT2D eigenvalue weighted by atomic mass is 9.85. The zero-order valence-electron chi connectivity index (χ0n) is 21.6. The Kier molecular flexibility index (Phi) is 6.37. The fourth-order valence-corrected chi connectivity index (χ4v) is 4.62. The van der Waals surface area contributed by atoms with Crippen LogP contribution in [0.3, 0.4) is 0 Å². The molecule has 9 heteroatoms. The van der Waals surface area contributed by atoms with Crippen LogP contribution >= 0.6 is 0 Å². The first-order valence-electron chi connectivity index (χ1n) is 12.6. The van der Waals surface area contributed by atoms with E-state index in [1.807, 2.05) is 6.07 Å². The number of halogens is 1. The van der Waals surface area contributed by atoms with Gasteiger partial charge in [0.15, 0.2) is 0 Å². The van der Waals surface area contributed by atoms with Gasteiger partial charge < -0.3 is 26.4 Å². The molecule has 0 bridgehead atoms. The molecule has 1 aliphatic carbocycles. The first kappa shape index (κ1) is 25.1. The number of anilines is 4. The maximum Gasteiger partial charge on any atom is 0.256 e. The lowest BCUT2D eigenvalue weighted by Crippen LogP contribution is -2.42. The number of carbonyl (C=O) groups excluding carboxylic acids is 1. The molecule has 1 saturated carbocycles. The van der Waals surface area contributed by atoms with E-state index >= 15 is 0 Å². The number of carbonyl (C=O) groups is 1. The molecule has 5 rings (SSSR count). The molecule has 3 aromatic rings. The number of rotatable bonds is 7. The van der Waals surface area contributed by atoms with Gasteiger partial charge in [-0.2, -0.15) is 4.98 Å². The van der Waals surface area contributed by atoms with Gasteiger partial charge in [-0.1, -0.05) is 6.07 Å². The van der Waals surface area contributed by atoms with Gasteiger partial charge in [0.25, 0.3) is 5.91 Å². The van der Waals surface area contributed by atoms with Gasteiger partial charge in [0.05, 0.1) is 5.60 Å². The molecular weight excluding hydrogens is 471 g/mol. The molecule has 1 amide bonds. The summed E-state index contributed by atoms with van der Waals surface area (Å²) in [6, 6.07) is 10.7. The zero-order chi connectivity index (χ0) is 26.4. The maximum absolute atomic E-state index is 14.3. The first-order chi connectivity index (χ1) is 17.5. The van der Waals surface area contributed by atoms with Crippen molar-refractivity contribution in [3.8, 4) is 0 Å². The fourth-order valence-electron chi connectivity index (χ4n) is 4.62. The summed E-state index contributed by atoms with van der Waals surface area (Å²) in [5, 5.41) is 23.3. The van der Waals surface area contributed by atoms with Crippen molar-refractivity contribution in [3.63, 3.8) is 0 Å². The van der Waals surface area contributed by atoms with Crippen molar-refractivity contribution < 1.29 is 14.3 Å². The van der Waals surface area contributed by atoms with Crippen molar-refractivity contribution in [3.05, 3.63) is 70.7 Å². The lowest BCUT2D eigenvalue weighted by Gasteiger charge is -2.34. The van der Waals surface area contributed by atoms with E-state index in [2.05, 4.69) is 57.2 Å². The van der Waals surface area contributed by atoms with E-state index in [-0.39, 0.29) is 34.4 Å². The van der Waals surface area contributed by atoms with Gasteiger partial charge in [0.2, 0.25) is 5.95 Å². The van der Waals surface area contributed by atoms with E-state index in [4.69, 9.17) is 0 Å². The summed E-state index contributed by atoms with van der Waals surface area (Å²) in [4.78, 5) is 21.9. The molecule has 2 aliphatic rings. The smallest absolute Gasteiger partial charge is 0.256 e. The van der Waals surface area contributed by atoms with Crippen molar-refractivity contribution in [2.75, 3.05) is 17.2 Å². The second-order valence-corrected chi connectivity index (χ2v) is 10.9. The molecule has 5 N–H and O–H groups in total. The average molecular weight is 505 g/mol. The van der Waals surface area contributed by atoms with Crippen LogP contribution in [0.2, 0.25) is 0 Å². The third kappa shape index (κ3) is 5.57. The predicted molar refractivity (Wildman–Crippen MR) is 142 cm³/mol. The Morgan fingerprint density at radius 2 is 1.86 bits per heavy atom. The van der Waals surface area contributed by atoms with Crippen LogP contribution in [0.5, 0.6) is 0 Å². The predicted octanol–water partition coefficient (Wildman–Crippen LogP) is 4.60. The molecule has 194 valence electrons. The summed E-state index contributed by atoms with van der Waals surface area (Å²) < 4.78 is 14.3. The van der Waals surface area contributed by atoms with Gasteiger partial charge in [0.1, 0.15) is 17.2 Å². The third-order valence-electron chi connectivity index (χ3n) is 6.83. The molecule has 2 aromatic carbocycles. The summed E-state index contributed by atoms with van der Waals surface area (Å²) in [5.74, 6) is -0.179. The van der Waals surface area contributed by atoms with Crippen molar-refractivity contribution in [1.82, 2.24) is 20.6 Å². The molecule has 1 aromatic heterocycles. The van der Waals surface area contributed by atoms with Gasteiger partial charge in [-0.15, -0.1) is 0 Å². The number of nitrogens with zero attached hydrogens (tertiary/aromatic N) is 2. The van der Waals surface area contributed by atoms with Crippen LogP contribution in [0.15, 0.2) is 42.6 Å². The van der Waals surface area contributed by atoms with E-state index in [1.54, 1.807) is 6.07 Å². The van der Waals surface area contributed by atoms with E-state index in [1.165, 1.54) is 43.3 Å². The number of aliphatic hydroxyl groups is 1. The molecular formula is C28H33FN6O2. The SMILES string of the molecule is CC(C)(O)c1cc(Nc2nc(Nc3ccc4c(c3)CCNC4(C)C)ncc2C(=O)NC2CC2)ccc1F. The molecule has 1 fully saturated rings. The third-order valence-corrected chi connectivity index (χ3v) is 6.83. The number of nitrogens with one attached hydrogen (secondary N) is 4. The number of aromatic nitrogens is 2. The Morgan fingerprint density at radius 1 is 1.14 bits per heavy atom. The van der Waals surface area contributed by atoms with E-state index in [0.717, 1.165) is 31.5 Å². The van der Waals surface area contributed by atoms with Crippen LogP contribution in [0, 0.1) is 5.82 Å². The molecule has 0 saturated heterocycles. The Morgan fingerprint density at radius 3 is 2.59 bits per heavy atom. The first-order valence-corrected chi connectivity index (χ1v) is 12.6. The van der Waals surface area contributed by atoms with Gasteiger partial charge >= 0.3 is 0 Å². The van der Waals surface area contributed by atoms with E-state index in [0.29, 0.717) is 11.6 Å².